The van der Waals surface area contributed by atoms with E-state index in [2.05, 4.69) is 5.32 Å². The summed E-state index contributed by atoms with van der Waals surface area (Å²) in [5, 5.41) is 12.7. The minimum absolute atomic E-state index is 0.0948. The van der Waals surface area contributed by atoms with E-state index in [1.165, 1.54) is 0 Å². The third-order valence-electron chi connectivity index (χ3n) is 3.09. The fourth-order valence-corrected chi connectivity index (χ4v) is 1.26. The van der Waals surface area contributed by atoms with E-state index in [9.17, 15) is 9.90 Å². The molecule has 0 saturated heterocycles. The van der Waals surface area contributed by atoms with Crippen LogP contribution >= 0.6 is 0 Å². The summed E-state index contributed by atoms with van der Waals surface area (Å²) in [4.78, 5) is 11.7. The van der Waals surface area contributed by atoms with Gasteiger partial charge in [0.05, 0.1) is 11.1 Å². The number of aliphatic hydroxyl groups is 1. The second kappa shape index (κ2) is 5.64. The van der Waals surface area contributed by atoms with Crippen LogP contribution in [0.5, 0.6) is 0 Å². The molecule has 1 unspecified atom stereocenters. The van der Waals surface area contributed by atoms with Crippen molar-refractivity contribution in [2.75, 3.05) is 0 Å². The zero-order valence-electron chi connectivity index (χ0n) is 11.1. The lowest BCUT2D eigenvalue weighted by Gasteiger charge is -2.38. The molecule has 0 aromatic rings. The smallest absolute Gasteiger partial charge is 0.222 e. The van der Waals surface area contributed by atoms with Crippen LogP contribution in [0.4, 0.5) is 0 Å². The second-order valence-corrected chi connectivity index (χ2v) is 5.49. The molecule has 0 aromatic heterocycles. The number of hydrogen-bond donors (Lipinski definition) is 3. The first kappa shape index (κ1) is 15.4. The van der Waals surface area contributed by atoms with Crippen LogP contribution in [-0.2, 0) is 4.79 Å². The van der Waals surface area contributed by atoms with Gasteiger partial charge in [0.15, 0.2) is 0 Å². The Bertz CT molecular complexity index is 232. The highest BCUT2D eigenvalue weighted by Gasteiger charge is 2.36. The van der Waals surface area contributed by atoms with E-state index in [0.717, 1.165) is 12.8 Å². The SMILES string of the molecule is CCCC(N)CC(=O)NC(C)(C)C(C)(C)O. The molecular weight excluding hydrogens is 204 g/mol. The maximum Gasteiger partial charge on any atom is 0.222 e. The Morgan fingerprint density at radius 2 is 1.88 bits per heavy atom. The average molecular weight is 230 g/mol. The molecule has 4 nitrogen and oxygen atoms in total. The average Bonchev–Trinajstić information content (AvgIpc) is 1.99. The van der Waals surface area contributed by atoms with Gasteiger partial charge in [-0.15, -0.1) is 0 Å². The third kappa shape index (κ3) is 4.94. The molecule has 1 atom stereocenters. The Balaban J connectivity index is 4.25. The van der Waals surface area contributed by atoms with Crippen molar-refractivity contribution in [3.8, 4) is 0 Å². The first-order valence-electron chi connectivity index (χ1n) is 5.89. The minimum atomic E-state index is -0.961. The largest absolute Gasteiger partial charge is 0.388 e. The molecule has 4 N–H and O–H groups in total. The van der Waals surface area contributed by atoms with E-state index in [-0.39, 0.29) is 11.9 Å². The number of nitrogens with one attached hydrogen (secondary N) is 1. The Kier molecular flexibility index (Phi) is 5.42. The van der Waals surface area contributed by atoms with Crippen molar-refractivity contribution in [3.63, 3.8) is 0 Å². The van der Waals surface area contributed by atoms with Gasteiger partial charge in [-0.25, -0.2) is 0 Å². The molecule has 0 aromatic carbocycles. The predicted octanol–water partition coefficient (Wildman–Crippen LogP) is 1.17. The van der Waals surface area contributed by atoms with Gasteiger partial charge >= 0.3 is 0 Å². The maximum atomic E-state index is 11.7. The molecule has 0 rings (SSSR count). The Labute approximate surface area is 98.6 Å². The number of carbonyl (C=O) groups is 1. The van der Waals surface area contributed by atoms with E-state index in [4.69, 9.17) is 5.73 Å². The van der Waals surface area contributed by atoms with Crippen LogP contribution in [0.25, 0.3) is 0 Å². The number of hydrogen-bond acceptors (Lipinski definition) is 3. The van der Waals surface area contributed by atoms with Crippen molar-refractivity contribution < 1.29 is 9.90 Å². The summed E-state index contributed by atoms with van der Waals surface area (Å²) in [5.41, 5.74) is 4.17. The van der Waals surface area contributed by atoms with E-state index >= 15 is 0 Å². The van der Waals surface area contributed by atoms with E-state index in [0.29, 0.717) is 6.42 Å². The Morgan fingerprint density at radius 3 is 2.25 bits per heavy atom. The van der Waals surface area contributed by atoms with Gasteiger partial charge in [0.1, 0.15) is 0 Å². The molecule has 0 fully saturated rings. The highest BCUT2D eigenvalue weighted by atomic mass is 16.3. The van der Waals surface area contributed by atoms with Crippen molar-refractivity contribution in [1.82, 2.24) is 5.32 Å². The quantitative estimate of drug-likeness (QED) is 0.641. The highest BCUT2D eigenvalue weighted by molar-refractivity contribution is 5.77. The van der Waals surface area contributed by atoms with Crippen molar-refractivity contribution in [3.05, 3.63) is 0 Å². The molecule has 96 valence electrons. The summed E-state index contributed by atoms with van der Waals surface area (Å²) in [5.74, 6) is -0.104. The van der Waals surface area contributed by atoms with Crippen molar-refractivity contribution in [1.29, 1.82) is 0 Å². The molecule has 0 spiro atoms. The van der Waals surface area contributed by atoms with E-state index in [1.807, 2.05) is 6.92 Å². The summed E-state index contributed by atoms with van der Waals surface area (Å²) in [6.45, 7) is 9.00. The lowest BCUT2D eigenvalue weighted by molar-refractivity contribution is -0.126. The second-order valence-electron chi connectivity index (χ2n) is 5.49. The van der Waals surface area contributed by atoms with E-state index < -0.39 is 11.1 Å². The lowest BCUT2D eigenvalue weighted by atomic mass is 9.86. The molecular formula is C12H26N2O2. The van der Waals surface area contributed by atoms with Gasteiger partial charge in [0.25, 0.3) is 0 Å². The molecule has 0 bridgehead atoms. The van der Waals surface area contributed by atoms with Gasteiger partial charge in [-0.2, -0.15) is 0 Å². The van der Waals surface area contributed by atoms with Crippen LogP contribution in [0.2, 0.25) is 0 Å². The van der Waals surface area contributed by atoms with Gasteiger partial charge < -0.3 is 16.2 Å². The normalized spacial score (nSPS) is 14.7. The monoisotopic (exact) mass is 230 g/mol. The van der Waals surface area contributed by atoms with Crippen LogP contribution in [0.3, 0.4) is 0 Å². The third-order valence-corrected chi connectivity index (χ3v) is 3.09. The van der Waals surface area contributed by atoms with Crippen LogP contribution in [-0.4, -0.2) is 28.2 Å². The van der Waals surface area contributed by atoms with Crippen LogP contribution in [0, 0.1) is 0 Å². The lowest BCUT2D eigenvalue weighted by Crippen LogP contribution is -2.58. The Morgan fingerprint density at radius 1 is 1.38 bits per heavy atom. The van der Waals surface area contributed by atoms with E-state index in [1.54, 1.807) is 27.7 Å². The summed E-state index contributed by atoms with van der Waals surface area (Å²) in [6, 6.07) is -0.0948. The van der Waals surface area contributed by atoms with Gasteiger partial charge in [0.2, 0.25) is 5.91 Å². The van der Waals surface area contributed by atoms with Gasteiger partial charge in [0, 0.05) is 12.5 Å². The van der Waals surface area contributed by atoms with Crippen molar-refractivity contribution in [2.24, 2.45) is 5.73 Å². The number of rotatable bonds is 6. The molecule has 0 aliphatic heterocycles. The summed E-state index contributed by atoms with van der Waals surface area (Å²) in [7, 11) is 0. The molecule has 16 heavy (non-hydrogen) atoms. The zero-order chi connectivity index (χ0) is 13.0. The minimum Gasteiger partial charge on any atom is -0.388 e. The molecule has 4 heteroatoms. The molecule has 0 saturated carbocycles. The Hall–Kier alpha value is -0.610. The number of nitrogens with two attached hydrogens (primary N) is 1. The van der Waals surface area contributed by atoms with Crippen LogP contribution in [0.15, 0.2) is 0 Å². The zero-order valence-corrected chi connectivity index (χ0v) is 11.1. The van der Waals surface area contributed by atoms with Crippen LogP contribution in [0.1, 0.15) is 53.9 Å². The first-order valence-corrected chi connectivity index (χ1v) is 5.89. The highest BCUT2D eigenvalue weighted by Crippen LogP contribution is 2.20. The summed E-state index contributed by atoms with van der Waals surface area (Å²) >= 11 is 0. The molecule has 0 aliphatic carbocycles. The van der Waals surface area contributed by atoms with Crippen molar-refractivity contribution >= 4 is 5.91 Å². The molecule has 0 aliphatic rings. The predicted molar refractivity (Wildman–Crippen MR) is 66.0 cm³/mol. The molecule has 0 radical (unpaired) electrons. The maximum absolute atomic E-state index is 11.7. The summed E-state index contributed by atoms with van der Waals surface area (Å²) < 4.78 is 0. The van der Waals surface area contributed by atoms with Gasteiger partial charge in [-0.1, -0.05) is 13.3 Å². The summed E-state index contributed by atoms with van der Waals surface area (Å²) in [6.07, 6.45) is 2.13. The van der Waals surface area contributed by atoms with Crippen LogP contribution < -0.4 is 11.1 Å². The standard InChI is InChI=1S/C12H26N2O2/c1-6-7-9(13)8-10(15)14-11(2,3)12(4,5)16/h9,16H,6-8,13H2,1-5H3,(H,14,15). The van der Waals surface area contributed by atoms with Gasteiger partial charge in [-0.3, -0.25) is 4.79 Å². The fraction of sp³-hybridized carbons (Fsp3) is 0.917. The molecule has 0 heterocycles. The first-order chi connectivity index (χ1) is 7.10. The topological polar surface area (TPSA) is 75.4 Å². The fourth-order valence-electron chi connectivity index (χ4n) is 1.26. The van der Waals surface area contributed by atoms with Gasteiger partial charge in [-0.05, 0) is 34.1 Å². The van der Waals surface area contributed by atoms with Crippen molar-refractivity contribution in [2.45, 2.75) is 71.1 Å². The molecule has 1 amide bonds. The number of amides is 1. The number of carbonyl (C=O) groups excluding carboxylic acids is 1.